The summed E-state index contributed by atoms with van der Waals surface area (Å²) in [5.74, 6) is 0.681. The molecular formula is C14H21ClN2O3S. The molecule has 1 aliphatic rings. The van der Waals surface area contributed by atoms with Gasteiger partial charge in [0.15, 0.2) is 0 Å². The average molecular weight is 333 g/mol. The summed E-state index contributed by atoms with van der Waals surface area (Å²) >= 11 is 6.10. The van der Waals surface area contributed by atoms with Gasteiger partial charge in [0.1, 0.15) is 5.75 Å². The maximum Gasteiger partial charge on any atom is 0.213 e. The third-order valence-corrected chi connectivity index (χ3v) is 5.38. The molecule has 2 N–H and O–H groups in total. The maximum absolute atomic E-state index is 12.1. The predicted octanol–water partition coefficient (Wildman–Crippen LogP) is 1.91. The normalized spacial score (nSPS) is 19.4. The van der Waals surface area contributed by atoms with Gasteiger partial charge in [-0.15, -0.1) is 0 Å². The van der Waals surface area contributed by atoms with Gasteiger partial charge >= 0.3 is 0 Å². The van der Waals surface area contributed by atoms with Crippen LogP contribution in [0.25, 0.3) is 0 Å². The molecule has 1 heterocycles. The van der Waals surface area contributed by atoms with Crippen LogP contribution >= 0.6 is 11.6 Å². The molecule has 7 heteroatoms. The Hall–Kier alpha value is -0.820. The summed E-state index contributed by atoms with van der Waals surface area (Å²) < 4.78 is 32.1. The first kappa shape index (κ1) is 16.5. The third-order valence-electron chi connectivity index (χ3n) is 3.60. The van der Waals surface area contributed by atoms with Crippen LogP contribution in [0.15, 0.2) is 18.2 Å². The number of piperidine rings is 1. The Morgan fingerprint density at radius 3 is 2.90 bits per heavy atom. The van der Waals surface area contributed by atoms with Gasteiger partial charge < -0.3 is 10.1 Å². The molecule has 2 rings (SSSR count). The minimum absolute atomic E-state index is 0.0318. The Morgan fingerprint density at radius 1 is 1.43 bits per heavy atom. The molecule has 1 aromatic rings. The van der Waals surface area contributed by atoms with E-state index in [9.17, 15) is 8.42 Å². The number of benzene rings is 1. The zero-order valence-corrected chi connectivity index (χ0v) is 13.6. The number of rotatable bonds is 6. The minimum atomic E-state index is -3.35. The molecule has 0 amide bonds. The van der Waals surface area contributed by atoms with E-state index >= 15 is 0 Å². The van der Waals surface area contributed by atoms with Crippen molar-refractivity contribution >= 4 is 21.6 Å². The second-order valence-electron chi connectivity index (χ2n) is 5.17. The molecule has 0 bridgehead atoms. The fraction of sp³-hybridized carbons (Fsp3) is 0.571. The van der Waals surface area contributed by atoms with Gasteiger partial charge in [-0.05, 0) is 31.5 Å². The van der Waals surface area contributed by atoms with E-state index in [0.29, 0.717) is 16.3 Å². The van der Waals surface area contributed by atoms with Crippen LogP contribution in [0.5, 0.6) is 5.75 Å². The van der Waals surface area contributed by atoms with Gasteiger partial charge in [-0.1, -0.05) is 24.1 Å². The van der Waals surface area contributed by atoms with Gasteiger partial charge in [-0.25, -0.2) is 13.1 Å². The van der Waals surface area contributed by atoms with Crippen LogP contribution in [-0.4, -0.2) is 33.9 Å². The highest BCUT2D eigenvalue weighted by atomic mass is 35.5. The first-order chi connectivity index (χ1) is 10.0. The summed E-state index contributed by atoms with van der Waals surface area (Å²) in [4.78, 5) is 0. The van der Waals surface area contributed by atoms with Crippen LogP contribution in [0.1, 0.15) is 24.8 Å². The fourth-order valence-corrected chi connectivity index (χ4v) is 4.00. The van der Waals surface area contributed by atoms with Crippen molar-refractivity contribution in [1.29, 1.82) is 0 Å². The molecule has 0 aromatic heterocycles. The standard InChI is InChI=1S/C14H21ClN2O3S/c1-20-14-7-4-6-13(15)12(14)9-17-21(18,19)10-11-5-2-3-8-16-11/h4,6-7,11,16-17H,2-3,5,8-10H2,1H3. The second-order valence-corrected chi connectivity index (χ2v) is 7.43. The Balaban J connectivity index is 1.98. The smallest absolute Gasteiger partial charge is 0.213 e. The lowest BCUT2D eigenvalue weighted by atomic mass is 10.1. The Bertz CT molecular complexity index is 572. The van der Waals surface area contributed by atoms with E-state index in [-0.39, 0.29) is 18.3 Å². The fourth-order valence-electron chi connectivity index (χ4n) is 2.47. The van der Waals surface area contributed by atoms with Crippen molar-refractivity contribution in [3.63, 3.8) is 0 Å². The van der Waals surface area contributed by atoms with Gasteiger partial charge in [0, 0.05) is 23.2 Å². The molecule has 1 saturated heterocycles. The van der Waals surface area contributed by atoms with Crippen molar-refractivity contribution in [3.05, 3.63) is 28.8 Å². The zero-order chi connectivity index (χ0) is 15.3. The first-order valence-corrected chi connectivity index (χ1v) is 9.07. The van der Waals surface area contributed by atoms with Gasteiger partial charge in [0.05, 0.1) is 12.9 Å². The van der Waals surface area contributed by atoms with E-state index in [1.807, 2.05) is 0 Å². The topological polar surface area (TPSA) is 67.4 Å². The number of methoxy groups -OCH3 is 1. The summed E-state index contributed by atoms with van der Waals surface area (Å²) in [5, 5.41) is 3.73. The number of ether oxygens (including phenoxy) is 1. The monoisotopic (exact) mass is 332 g/mol. The highest BCUT2D eigenvalue weighted by Crippen LogP contribution is 2.26. The summed E-state index contributed by atoms with van der Waals surface area (Å²) in [7, 11) is -1.81. The molecule has 0 saturated carbocycles. The van der Waals surface area contributed by atoms with Crippen LogP contribution in [0.3, 0.4) is 0 Å². The predicted molar refractivity (Wildman–Crippen MR) is 84.3 cm³/mol. The summed E-state index contributed by atoms with van der Waals surface area (Å²) in [5.41, 5.74) is 0.654. The zero-order valence-electron chi connectivity index (χ0n) is 12.1. The van der Waals surface area contributed by atoms with Gasteiger partial charge in [-0.2, -0.15) is 0 Å². The van der Waals surface area contributed by atoms with E-state index in [1.54, 1.807) is 18.2 Å². The van der Waals surface area contributed by atoms with Crippen molar-refractivity contribution in [1.82, 2.24) is 10.0 Å². The van der Waals surface area contributed by atoms with Crippen molar-refractivity contribution in [2.24, 2.45) is 0 Å². The first-order valence-electron chi connectivity index (χ1n) is 7.04. The lowest BCUT2D eigenvalue weighted by Gasteiger charge is -2.23. The van der Waals surface area contributed by atoms with Gasteiger partial charge in [0.25, 0.3) is 0 Å². The summed E-state index contributed by atoms with van der Waals surface area (Å²) in [6.07, 6.45) is 3.09. The number of sulfonamides is 1. The van der Waals surface area contributed by atoms with Crippen LogP contribution < -0.4 is 14.8 Å². The highest BCUT2D eigenvalue weighted by molar-refractivity contribution is 7.89. The van der Waals surface area contributed by atoms with Gasteiger partial charge in [-0.3, -0.25) is 0 Å². The lowest BCUT2D eigenvalue weighted by Crippen LogP contribution is -2.42. The highest BCUT2D eigenvalue weighted by Gasteiger charge is 2.21. The molecule has 1 unspecified atom stereocenters. The Labute approximate surface area is 131 Å². The molecule has 1 aliphatic heterocycles. The molecular weight excluding hydrogens is 312 g/mol. The SMILES string of the molecule is COc1cccc(Cl)c1CNS(=O)(=O)CC1CCCCN1. The van der Waals surface area contributed by atoms with E-state index in [2.05, 4.69) is 10.0 Å². The van der Waals surface area contributed by atoms with Crippen LogP contribution in [0, 0.1) is 0 Å². The Kier molecular flexibility index (Phi) is 5.87. The van der Waals surface area contributed by atoms with Crippen molar-refractivity contribution in [2.45, 2.75) is 31.8 Å². The molecule has 0 aliphatic carbocycles. The number of hydrogen-bond donors (Lipinski definition) is 2. The molecule has 5 nitrogen and oxygen atoms in total. The van der Waals surface area contributed by atoms with Crippen molar-refractivity contribution in [3.8, 4) is 5.75 Å². The molecule has 1 fully saturated rings. The molecule has 1 atom stereocenters. The van der Waals surface area contributed by atoms with E-state index in [4.69, 9.17) is 16.3 Å². The molecule has 118 valence electrons. The Morgan fingerprint density at radius 2 is 2.24 bits per heavy atom. The molecule has 21 heavy (non-hydrogen) atoms. The molecule has 1 aromatic carbocycles. The average Bonchev–Trinajstić information content (AvgIpc) is 2.46. The van der Waals surface area contributed by atoms with Crippen LogP contribution in [-0.2, 0) is 16.6 Å². The lowest BCUT2D eigenvalue weighted by molar-refractivity contribution is 0.408. The van der Waals surface area contributed by atoms with E-state index in [0.717, 1.165) is 25.8 Å². The maximum atomic E-state index is 12.1. The van der Waals surface area contributed by atoms with E-state index < -0.39 is 10.0 Å². The second kappa shape index (κ2) is 7.45. The quantitative estimate of drug-likeness (QED) is 0.835. The van der Waals surface area contributed by atoms with Crippen molar-refractivity contribution in [2.75, 3.05) is 19.4 Å². The van der Waals surface area contributed by atoms with E-state index in [1.165, 1.54) is 7.11 Å². The van der Waals surface area contributed by atoms with Crippen LogP contribution in [0.2, 0.25) is 5.02 Å². The number of hydrogen-bond acceptors (Lipinski definition) is 4. The van der Waals surface area contributed by atoms with Gasteiger partial charge in [0.2, 0.25) is 10.0 Å². The number of nitrogens with one attached hydrogen (secondary N) is 2. The van der Waals surface area contributed by atoms with Crippen LogP contribution in [0.4, 0.5) is 0 Å². The summed E-state index contributed by atoms with van der Waals surface area (Å²) in [6, 6.07) is 5.28. The summed E-state index contributed by atoms with van der Waals surface area (Å²) in [6.45, 7) is 1.02. The van der Waals surface area contributed by atoms with Crippen molar-refractivity contribution < 1.29 is 13.2 Å². The minimum Gasteiger partial charge on any atom is -0.496 e. The largest absolute Gasteiger partial charge is 0.496 e. The number of halogens is 1. The third kappa shape index (κ3) is 4.85. The molecule has 0 radical (unpaired) electrons. The molecule has 0 spiro atoms.